The quantitative estimate of drug-likeness (QED) is 0.137. The lowest BCUT2D eigenvalue weighted by Crippen LogP contribution is -2.71. The minimum Gasteiger partial charge on any atom is -0.211 e. The molecule has 2 aromatic heterocycles. The van der Waals surface area contributed by atoms with Gasteiger partial charge in [0.15, 0.2) is 11.3 Å². The van der Waals surface area contributed by atoms with Crippen molar-refractivity contribution in [3.05, 3.63) is 225 Å². The summed E-state index contributed by atoms with van der Waals surface area (Å²) in [6, 6.07) is 28.3. The topological polar surface area (TPSA) is 65.3 Å². The Labute approximate surface area is 399 Å². The van der Waals surface area contributed by atoms with Crippen LogP contribution in [0, 0.1) is 23.7 Å². The Bertz CT molecular complexity index is 3940. The zero-order valence-electron chi connectivity index (χ0n) is 38.2. The molecule has 0 amide bonds. The molecular formula is C61H48N8+2. The molecular weight excluding hydrogens is 845 g/mol. The summed E-state index contributed by atoms with van der Waals surface area (Å²) in [7, 11) is 0. The van der Waals surface area contributed by atoms with E-state index >= 15 is 0 Å². The van der Waals surface area contributed by atoms with E-state index in [1.165, 1.54) is 22.3 Å². The maximum Gasteiger partial charge on any atom is 0.402 e. The number of aliphatic imine (C=N–C) groups is 2. The number of fused-ring (bicyclic) bond motifs is 12. The number of benzene rings is 4. The number of allylic oxidation sites excluding steroid dienone is 16. The van der Waals surface area contributed by atoms with Gasteiger partial charge in [-0.15, -0.1) is 9.15 Å². The van der Waals surface area contributed by atoms with Gasteiger partial charge in [-0.3, -0.25) is 0 Å². The number of nitrogens with zero attached hydrogens (tertiary/aromatic N) is 8. The van der Waals surface area contributed by atoms with Crippen LogP contribution in [0.15, 0.2) is 190 Å². The summed E-state index contributed by atoms with van der Waals surface area (Å²) in [5.74, 6) is 6.31. The first-order valence-corrected chi connectivity index (χ1v) is 25.1. The largest absolute Gasteiger partial charge is 0.402 e. The van der Waals surface area contributed by atoms with Crippen LogP contribution in [0.4, 0.5) is 11.6 Å². The lowest BCUT2D eigenvalue weighted by molar-refractivity contribution is -0.791. The van der Waals surface area contributed by atoms with Crippen molar-refractivity contribution in [1.29, 1.82) is 0 Å². The van der Waals surface area contributed by atoms with Gasteiger partial charge in [0.05, 0.1) is 22.3 Å². The van der Waals surface area contributed by atoms with E-state index in [-0.39, 0.29) is 0 Å². The summed E-state index contributed by atoms with van der Waals surface area (Å²) in [5.41, 5.74) is 11.6. The van der Waals surface area contributed by atoms with Crippen LogP contribution in [0.25, 0.3) is 21.5 Å². The zero-order valence-corrected chi connectivity index (χ0v) is 38.2. The number of amidine groups is 4. The monoisotopic (exact) mass is 892 g/mol. The van der Waals surface area contributed by atoms with Crippen molar-refractivity contribution >= 4 is 56.5 Å². The van der Waals surface area contributed by atoms with Crippen LogP contribution >= 0.6 is 0 Å². The minimum absolute atomic E-state index is 0.455. The molecule has 1 spiro atoms. The fourth-order valence-corrected chi connectivity index (χ4v) is 13.1. The third-order valence-electron chi connectivity index (χ3n) is 16.3. The van der Waals surface area contributed by atoms with Gasteiger partial charge in [-0.1, -0.05) is 143 Å². The molecule has 4 unspecified atom stereocenters. The predicted molar refractivity (Wildman–Crippen MR) is 274 cm³/mol. The molecule has 6 aromatic rings. The van der Waals surface area contributed by atoms with Crippen LogP contribution in [-0.2, 0) is 31.6 Å². The van der Waals surface area contributed by atoms with Crippen LogP contribution in [0.3, 0.4) is 0 Å². The predicted octanol–water partition coefficient (Wildman–Crippen LogP) is 10.4. The molecule has 16 rings (SSSR count). The molecule has 10 aliphatic rings. The van der Waals surface area contributed by atoms with Crippen LogP contribution in [0.5, 0.6) is 0 Å². The van der Waals surface area contributed by atoms with Crippen molar-refractivity contribution < 1.29 is 9.15 Å². The highest BCUT2D eigenvalue weighted by atomic mass is 15.7. The standard InChI is InChI=1S/C61H48N8/c1-5-13-37(14-6-1)29-41-21-25-45-49(33-41)57-62-54-46-26-22-42(30-38-15-7-2-8-16-38)34-50(46)59-64-56-48-28-24-44(32-40-19-11-4-12-20-40)36-52(48)60-65-55-47-27-23-43(31-39-17-9-3-10-18-39)35-51(47)58-63-53(45)66(57)61(67(54)59,68(55)58)69(56)60/h1-13,15,17,19,21-28,33-40H,14,16,18,20,29-32H2/q+2/t37?,38?,39?,40?,61-. The summed E-state index contributed by atoms with van der Waals surface area (Å²) in [6.07, 6.45) is 44.1. The molecule has 6 aliphatic heterocycles. The van der Waals surface area contributed by atoms with Crippen molar-refractivity contribution in [3.63, 3.8) is 0 Å². The molecule has 5 atom stereocenters. The van der Waals surface area contributed by atoms with Gasteiger partial charge in [-0.05, 0) is 140 Å². The van der Waals surface area contributed by atoms with E-state index in [0.717, 1.165) is 141 Å². The van der Waals surface area contributed by atoms with E-state index in [2.05, 4.69) is 188 Å². The Morgan fingerprint density at radius 3 is 1.39 bits per heavy atom. The van der Waals surface area contributed by atoms with E-state index in [9.17, 15) is 0 Å². The van der Waals surface area contributed by atoms with Gasteiger partial charge in [-0.2, -0.15) is 0 Å². The summed E-state index contributed by atoms with van der Waals surface area (Å²) in [4.78, 5) is 23.4. The number of aromatic nitrogens is 2. The molecule has 69 heavy (non-hydrogen) atoms. The summed E-state index contributed by atoms with van der Waals surface area (Å²) < 4.78 is 9.85. The Morgan fingerprint density at radius 2 is 0.855 bits per heavy atom. The second-order valence-corrected chi connectivity index (χ2v) is 20.5. The van der Waals surface area contributed by atoms with Gasteiger partial charge >= 0.3 is 5.91 Å². The minimum atomic E-state index is -1.05. The van der Waals surface area contributed by atoms with Gasteiger partial charge in [0, 0.05) is 21.5 Å². The van der Waals surface area contributed by atoms with E-state index in [4.69, 9.17) is 20.0 Å². The van der Waals surface area contributed by atoms with Gasteiger partial charge < -0.3 is 0 Å². The summed E-state index contributed by atoms with van der Waals surface area (Å²) in [5, 5.41) is 4.48. The van der Waals surface area contributed by atoms with Crippen molar-refractivity contribution in [2.45, 2.75) is 57.3 Å². The van der Waals surface area contributed by atoms with Crippen molar-refractivity contribution in [1.82, 2.24) is 9.13 Å². The Morgan fingerprint density at radius 1 is 0.406 bits per heavy atom. The third kappa shape index (κ3) is 5.29. The van der Waals surface area contributed by atoms with Crippen LogP contribution in [0.1, 0.15) is 70.2 Å². The van der Waals surface area contributed by atoms with Crippen LogP contribution in [-0.4, -0.2) is 41.6 Å². The zero-order chi connectivity index (χ0) is 45.0. The molecule has 0 saturated carbocycles. The molecule has 8 nitrogen and oxygen atoms in total. The van der Waals surface area contributed by atoms with Crippen molar-refractivity contribution in [3.8, 4) is 0 Å². The molecule has 0 fully saturated rings. The molecule has 330 valence electrons. The molecule has 0 radical (unpaired) electrons. The van der Waals surface area contributed by atoms with Gasteiger partial charge in [0.1, 0.15) is 0 Å². The second kappa shape index (κ2) is 14.1. The van der Waals surface area contributed by atoms with Crippen molar-refractivity contribution in [2.24, 2.45) is 43.6 Å². The lowest BCUT2D eigenvalue weighted by Gasteiger charge is -2.41. The highest BCUT2D eigenvalue weighted by Crippen LogP contribution is 2.52. The van der Waals surface area contributed by atoms with Gasteiger partial charge in [-0.25, -0.2) is 14.1 Å². The van der Waals surface area contributed by atoms with Gasteiger partial charge in [0.2, 0.25) is 11.3 Å². The average molecular weight is 893 g/mol. The average Bonchev–Trinajstić information content (AvgIpc) is 4.09. The summed E-state index contributed by atoms with van der Waals surface area (Å²) >= 11 is 0. The molecule has 4 aromatic carbocycles. The summed E-state index contributed by atoms with van der Waals surface area (Å²) in [6.45, 7) is 0. The SMILES string of the molecule is C1=CCC(Cc2ccc3c(c2)C2=Nc4c5ccc(CC6C=CC=CC6)cc5c5n4[C@]46n7c(c8cc(CC9C=CC=CC9)ccc8c7=N5)=NC5=[N+]4C(=NC3=[N+]26)c2cc(CC3C=CC=CC3)ccc25)C=C1. The van der Waals surface area contributed by atoms with Crippen LogP contribution < -0.4 is 11.0 Å². The van der Waals surface area contributed by atoms with E-state index in [0.29, 0.717) is 23.7 Å². The highest BCUT2D eigenvalue weighted by molar-refractivity contribution is 6.24. The van der Waals surface area contributed by atoms with E-state index < -0.39 is 5.91 Å². The fraction of sp³-hybridized carbons (Fsp3) is 0.213. The second-order valence-electron chi connectivity index (χ2n) is 20.5. The van der Waals surface area contributed by atoms with E-state index in [1.807, 2.05) is 0 Å². The highest BCUT2D eigenvalue weighted by Gasteiger charge is 2.69. The molecule has 0 N–H and O–H groups in total. The number of rotatable bonds is 8. The Hall–Kier alpha value is -7.84. The van der Waals surface area contributed by atoms with E-state index in [1.54, 1.807) is 0 Å². The van der Waals surface area contributed by atoms with Crippen LogP contribution in [0.2, 0.25) is 0 Å². The normalized spacial score (nSPS) is 25.0. The first-order chi connectivity index (χ1) is 34.2. The van der Waals surface area contributed by atoms with Crippen molar-refractivity contribution in [2.75, 3.05) is 0 Å². The van der Waals surface area contributed by atoms with Gasteiger partial charge in [0.25, 0.3) is 23.3 Å². The molecule has 0 bridgehead atoms. The maximum absolute atomic E-state index is 5.84. The smallest absolute Gasteiger partial charge is 0.211 e. The lowest BCUT2D eigenvalue weighted by atomic mass is 9.91. The third-order valence-corrected chi connectivity index (χ3v) is 16.3. The first kappa shape index (κ1) is 38.2. The molecule has 8 heteroatoms. The Balaban J connectivity index is 0.991. The maximum atomic E-state index is 5.84. The number of hydrogen-bond donors (Lipinski definition) is 0. The Kier molecular flexibility index (Phi) is 7.80. The number of hydrogen-bond acceptors (Lipinski definition) is 4. The molecule has 8 heterocycles. The molecule has 4 aliphatic carbocycles. The fourth-order valence-electron chi connectivity index (χ4n) is 13.1. The molecule has 0 saturated heterocycles. The first-order valence-electron chi connectivity index (χ1n) is 25.1.